The van der Waals surface area contributed by atoms with E-state index in [-0.39, 0.29) is 35.4 Å². The summed E-state index contributed by atoms with van der Waals surface area (Å²) in [4.78, 5) is 47.7. The van der Waals surface area contributed by atoms with Crippen molar-refractivity contribution < 1.29 is 19.8 Å². The Kier molecular flexibility index (Phi) is 8.34. The van der Waals surface area contributed by atoms with Gasteiger partial charge in [0.25, 0.3) is 11.5 Å². The highest BCUT2D eigenvalue weighted by atomic mass is 16.4. The number of rotatable bonds is 10. The molecular formula is C34H32N4O5. The van der Waals surface area contributed by atoms with Crippen molar-refractivity contribution in [1.82, 2.24) is 19.9 Å². The summed E-state index contributed by atoms with van der Waals surface area (Å²) in [5.74, 6) is -1.89. The predicted octanol–water partition coefficient (Wildman–Crippen LogP) is 5.64. The van der Waals surface area contributed by atoms with E-state index in [4.69, 9.17) is 5.11 Å². The number of nitrogens with zero attached hydrogens (tertiary/aromatic N) is 3. The van der Waals surface area contributed by atoms with Gasteiger partial charge in [-0.25, -0.2) is 4.98 Å². The maximum absolute atomic E-state index is 14.2. The minimum absolute atomic E-state index is 0.0227. The minimum atomic E-state index is -0.909. The molecule has 3 heterocycles. The maximum Gasteiger partial charge on any atom is 0.303 e. The van der Waals surface area contributed by atoms with Crippen molar-refractivity contribution in [3.8, 4) is 28.1 Å². The van der Waals surface area contributed by atoms with Gasteiger partial charge in [-0.05, 0) is 56.0 Å². The third-order valence-electron chi connectivity index (χ3n) is 7.28. The van der Waals surface area contributed by atoms with E-state index >= 15 is 0 Å². The smallest absolute Gasteiger partial charge is 0.303 e. The number of carbonyl (C=O) groups is 2. The van der Waals surface area contributed by atoms with Crippen LogP contribution in [0.5, 0.6) is 5.75 Å². The molecule has 1 amide bonds. The molecule has 9 nitrogen and oxygen atoms in total. The molecule has 9 heteroatoms. The summed E-state index contributed by atoms with van der Waals surface area (Å²) >= 11 is 0. The fourth-order valence-electron chi connectivity index (χ4n) is 5.16. The van der Waals surface area contributed by atoms with Crippen LogP contribution in [-0.2, 0) is 11.3 Å². The second kappa shape index (κ2) is 12.3. The molecule has 5 aromatic rings. The lowest BCUT2D eigenvalue weighted by Crippen LogP contribution is -2.43. The lowest BCUT2D eigenvalue weighted by atomic mass is 9.96. The fourth-order valence-corrected chi connectivity index (χ4v) is 5.16. The molecule has 0 bridgehead atoms. The SMILES string of the molecule is CC(C)(CCCC(=O)O)NC(=O)c1nc(-c2cccnc2)c2c(cc(-c3ccccc3)c(=O)n2Cc2ccccc2)c1O. The molecule has 43 heavy (non-hydrogen) atoms. The highest BCUT2D eigenvalue weighted by Crippen LogP contribution is 2.36. The molecule has 218 valence electrons. The van der Waals surface area contributed by atoms with Crippen molar-refractivity contribution in [1.29, 1.82) is 0 Å². The lowest BCUT2D eigenvalue weighted by molar-refractivity contribution is -0.137. The predicted molar refractivity (Wildman–Crippen MR) is 165 cm³/mol. The Balaban J connectivity index is 1.75. The molecule has 0 atom stereocenters. The molecule has 0 aliphatic carbocycles. The van der Waals surface area contributed by atoms with E-state index in [1.807, 2.05) is 60.7 Å². The number of carbonyl (C=O) groups excluding carboxylic acids is 1. The number of amides is 1. The molecule has 0 aliphatic rings. The topological polar surface area (TPSA) is 134 Å². The Morgan fingerprint density at radius 2 is 1.63 bits per heavy atom. The van der Waals surface area contributed by atoms with Gasteiger partial charge in [-0.2, -0.15) is 0 Å². The zero-order valence-electron chi connectivity index (χ0n) is 23.9. The van der Waals surface area contributed by atoms with Crippen LogP contribution < -0.4 is 10.9 Å². The molecule has 0 saturated carbocycles. The molecule has 0 unspecified atom stereocenters. The van der Waals surface area contributed by atoms with Crippen molar-refractivity contribution in [2.75, 3.05) is 0 Å². The van der Waals surface area contributed by atoms with Crippen LogP contribution in [0, 0.1) is 0 Å². The summed E-state index contributed by atoms with van der Waals surface area (Å²) in [7, 11) is 0. The van der Waals surface area contributed by atoms with Gasteiger partial charge < -0.3 is 20.1 Å². The van der Waals surface area contributed by atoms with Gasteiger partial charge in [-0.15, -0.1) is 0 Å². The Morgan fingerprint density at radius 3 is 2.28 bits per heavy atom. The average molecular weight is 577 g/mol. The molecule has 0 fully saturated rings. The zero-order chi connectivity index (χ0) is 30.6. The maximum atomic E-state index is 14.2. The van der Waals surface area contributed by atoms with Gasteiger partial charge in [0, 0.05) is 40.9 Å². The number of hydrogen-bond donors (Lipinski definition) is 3. The summed E-state index contributed by atoms with van der Waals surface area (Å²) in [6.45, 7) is 3.78. The second-order valence-corrected chi connectivity index (χ2v) is 11.0. The molecule has 3 N–H and O–H groups in total. The van der Waals surface area contributed by atoms with E-state index in [0.717, 1.165) is 5.56 Å². The molecule has 0 spiro atoms. The summed E-state index contributed by atoms with van der Waals surface area (Å²) in [5, 5.41) is 23.9. The first-order valence-corrected chi connectivity index (χ1v) is 14.0. The quantitative estimate of drug-likeness (QED) is 0.196. The van der Waals surface area contributed by atoms with E-state index in [1.165, 1.54) is 0 Å². The third kappa shape index (κ3) is 6.46. The summed E-state index contributed by atoms with van der Waals surface area (Å²) in [6.07, 6.45) is 3.96. The van der Waals surface area contributed by atoms with Crippen molar-refractivity contribution in [2.45, 2.75) is 45.2 Å². The Labute approximate surface area is 248 Å². The molecule has 0 aliphatic heterocycles. The largest absolute Gasteiger partial charge is 0.505 e. The minimum Gasteiger partial charge on any atom is -0.505 e. The Hall–Kier alpha value is -5.31. The summed E-state index contributed by atoms with van der Waals surface area (Å²) in [5.41, 5.74) is 1.91. The average Bonchev–Trinajstić information content (AvgIpc) is 2.99. The first-order chi connectivity index (χ1) is 20.6. The van der Waals surface area contributed by atoms with Gasteiger partial charge >= 0.3 is 5.97 Å². The molecule has 0 radical (unpaired) electrons. The van der Waals surface area contributed by atoms with E-state index in [9.17, 15) is 19.5 Å². The third-order valence-corrected chi connectivity index (χ3v) is 7.28. The number of pyridine rings is 3. The second-order valence-electron chi connectivity index (χ2n) is 11.0. The first kappa shape index (κ1) is 29.2. The van der Waals surface area contributed by atoms with Crippen LogP contribution in [0.3, 0.4) is 0 Å². The van der Waals surface area contributed by atoms with Gasteiger partial charge in [-0.3, -0.25) is 19.4 Å². The van der Waals surface area contributed by atoms with Crippen LogP contribution in [0.25, 0.3) is 33.3 Å². The van der Waals surface area contributed by atoms with E-state index in [2.05, 4.69) is 15.3 Å². The number of aromatic nitrogens is 3. The molecule has 3 aromatic heterocycles. The van der Waals surface area contributed by atoms with Gasteiger partial charge in [0.2, 0.25) is 0 Å². The van der Waals surface area contributed by atoms with Gasteiger partial charge in [0.05, 0.1) is 17.8 Å². The van der Waals surface area contributed by atoms with Crippen LogP contribution in [0.2, 0.25) is 0 Å². The summed E-state index contributed by atoms with van der Waals surface area (Å²) in [6, 6.07) is 23.8. The van der Waals surface area contributed by atoms with E-state index in [1.54, 1.807) is 49.0 Å². The van der Waals surface area contributed by atoms with Crippen LogP contribution in [0.1, 0.15) is 49.2 Å². The lowest BCUT2D eigenvalue weighted by Gasteiger charge is -2.26. The highest BCUT2D eigenvalue weighted by molar-refractivity contribution is 6.06. The number of fused-ring (bicyclic) bond motifs is 1. The van der Waals surface area contributed by atoms with Crippen molar-refractivity contribution in [2.24, 2.45) is 0 Å². The number of aromatic hydroxyl groups is 1. The van der Waals surface area contributed by atoms with Crippen molar-refractivity contribution in [3.63, 3.8) is 0 Å². The Morgan fingerprint density at radius 1 is 0.953 bits per heavy atom. The molecule has 0 saturated heterocycles. The number of nitrogens with one attached hydrogen (secondary N) is 1. The highest BCUT2D eigenvalue weighted by Gasteiger charge is 2.28. The summed E-state index contributed by atoms with van der Waals surface area (Å²) < 4.78 is 1.58. The van der Waals surface area contributed by atoms with Crippen LogP contribution in [0.15, 0.2) is 96.1 Å². The Bertz CT molecular complexity index is 1840. The number of carboxylic acid groups (broad SMARTS) is 1. The van der Waals surface area contributed by atoms with Gasteiger partial charge in [-0.1, -0.05) is 60.7 Å². The van der Waals surface area contributed by atoms with Gasteiger partial charge in [0.1, 0.15) is 0 Å². The number of aliphatic carboxylic acids is 1. The number of carboxylic acids is 1. The molecule has 5 rings (SSSR count). The van der Waals surface area contributed by atoms with Crippen LogP contribution in [-0.4, -0.2) is 42.2 Å². The monoisotopic (exact) mass is 576 g/mol. The van der Waals surface area contributed by atoms with Crippen LogP contribution >= 0.6 is 0 Å². The fraction of sp³-hybridized carbons (Fsp3) is 0.206. The first-order valence-electron chi connectivity index (χ1n) is 14.0. The van der Waals surface area contributed by atoms with Crippen molar-refractivity contribution in [3.05, 3.63) is 113 Å². The van der Waals surface area contributed by atoms with Crippen LogP contribution in [0.4, 0.5) is 0 Å². The standard InChI is InChI=1S/C34H32N4O5/c1-34(2,17-9-16-27(39)40)37-32(42)29-31(41)26-19-25(23-13-7-4-8-14-23)33(43)38(21-22-11-5-3-6-12-22)30(26)28(36-29)24-15-10-18-35-20-24/h3-8,10-15,18-20,41H,9,16-17,21H2,1-2H3,(H,37,42)(H,39,40). The normalized spacial score (nSPS) is 11.4. The zero-order valence-corrected chi connectivity index (χ0v) is 23.9. The van der Waals surface area contributed by atoms with Crippen molar-refractivity contribution >= 4 is 22.8 Å². The van der Waals surface area contributed by atoms with Gasteiger partial charge in [0.15, 0.2) is 11.4 Å². The van der Waals surface area contributed by atoms with E-state index in [0.29, 0.717) is 40.7 Å². The molecular weight excluding hydrogens is 544 g/mol. The van der Waals surface area contributed by atoms with E-state index < -0.39 is 17.4 Å². The number of benzene rings is 2. The molecule has 2 aromatic carbocycles. The number of hydrogen-bond acceptors (Lipinski definition) is 6.